The third-order valence-electron chi connectivity index (χ3n) is 1.54. The molecule has 0 aromatic carbocycles. The summed E-state index contributed by atoms with van der Waals surface area (Å²) in [5.41, 5.74) is 1.25. The average Bonchev–Trinajstić information content (AvgIpc) is 2.17. The van der Waals surface area contributed by atoms with Crippen LogP contribution in [-0.4, -0.2) is 23.2 Å². The van der Waals surface area contributed by atoms with Crippen LogP contribution in [0.5, 0.6) is 0 Å². The second-order valence-electron chi connectivity index (χ2n) is 2.34. The number of carbonyl (C=O) groups is 1. The molecule has 0 aliphatic heterocycles. The number of hydrogen-bond acceptors (Lipinski definition) is 3. The molecule has 1 rings (SSSR count). The van der Waals surface area contributed by atoms with Gasteiger partial charge in [-0.3, -0.25) is 4.79 Å². The number of nitrogens with one attached hydrogen (secondary N) is 1. The van der Waals surface area contributed by atoms with Crippen molar-refractivity contribution in [3.63, 3.8) is 0 Å². The topological polar surface area (TPSA) is 54.9 Å². The largest absolute Gasteiger partial charge is 0.354 e. The molecule has 1 aromatic heterocycles. The molecule has 1 heterocycles. The lowest BCUT2D eigenvalue weighted by atomic mass is 10.3. The first kappa shape index (κ1) is 8.64. The molecule has 0 aliphatic carbocycles. The summed E-state index contributed by atoms with van der Waals surface area (Å²) in [4.78, 5) is 11.0. The van der Waals surface area contributed by atoms with Crippen LogP contribution in [0.25, 0.3) is 0 Å². The maximum Gasteiger partial charge on any atom is 0.271 e. The third kappa shape index (κ3) is 1.78. The lowest BCUT2D eigenvalue weighted by Crippen LogP contribution is -2.19. The van der Waals surface area contributed by atoms with E-state index >= 15 is 0 Å². The van der Waals surface area contributed by atoms with Gasteiger partial charge in [0, 0.05) is 7.05 Å². The molecule has 4 nitrogen and oxygen atoms in total. The van der Waals surface area contributed by atoms with E-state index in [4.69, 9.17) is 0 Å². The van der Waals surface area contributed by atoms with Crippen molar-refractivity contribution in [2.45, 2.75) is 13.3 Å². The summed E-state index contributed by atoms with van der Waals surface area (Å²) in [5.74, 6) is -0.204. The van der Waals surface area contributed by atoms with Crippen LogP contribution in [0, 0.1) is 0 Å². The first-order valence-corrected chi connectivity index (χ1v) is 3.82. The fourth-order valence-electron chi connectivity index (χ4n) is 0.798. The number of nitrogens with zero attached hydrogens (tertiary/aromatic N) is 2. The van der Waals surface area contributed by atoms with Crippen molar-refractivity contribution < 1.29 is 4.79 Å². The summed E-state index contributed by atoms with van der Waals surface area (Å²) in [6.45, 7) is 1.99. The van der Waals surface area contributed by atoms with E-state index in [2.05, 4.69) is 15.5 Å². The monoisotopic (exact) mass is 165 g/mol. The highest BCUT2D eigenvalue weighted by Crippen LogP contribution is 1.96. The maximum absolute atomic E-state index is 11.0. The first-order chi connectivity index (χ1) is 5.77. The number of hydrogen-bond donors (Lipinski definition) is 1. The summed E-state index contributed by atoms with van der Waals surface area (Å²) in [6.07, 6.45) is 0.834. The molecule has 0 atom stereocenters. The van der Waals surface area contributed by atoms with E-state index in [1.807, 2.05) is 6.92 Å². The van der Waals surface area contributed by atoms with Gasteiger partial charge in [0.2, 0.25) is 0 Å². The van der Waals surface area contributed by atoms with E-state index in [0.29, 0.717) is 5.69 Å². The predicted octanol–water partition coefficient (Wildman–Crippen LogP) is 0.399. The van der Waals surface area contributed by atoms with Gasteiger partial charge in [0.1, 0.15) is 0 Å². The van der Waals surface area contributed by atoms with Crippen molar-refractivity contribution in [1.29, 1.82) is 0 Å². The second-order valence-corrected chi connectivity index (χ2v) is 2.34. The fourth-order valence-corrected chi connectivity index (χ4v) is 0.798. The van der Waals surface area contributed by atoms with Crippen molar-refractivity contribution in [1.82, 2.24) is 15.5 Å². The van der Waals surface area contributed by atoms with Gasteiger partial charge in [-0.05, 0) is 18.6 Å². The molecular formula is C8H11N3O. The van der Waals surface area contributed by atoms with E-state index < -0.39 is 0 Å². The standard InChI is InChI=1S/C8H11N3O/c1-3-6-4-5-7(11-10-6)8(12)9-2/h4-5H,3H2,1-2H3,(H,9,12). The molecule has 1 amide bonds. The van der Waals surface area contributed by atoms with Gasteiger partial charge in [0.15, 0.2) is 5.69 Å². The minimum atomic E-state index is -0.204. The molecule has 0 unspecified atom stereocenters. The van der Waals surface area contributed by atoms with Crippen LogP contribution < -0.4 is 5.32 Å². The van der Waals surface area contributed by atoms with Crippen LogP contribution in [0.15, 0.2) is 12.1 Å². The highest BCUT2D eigenvalue weighted by molar-refractivity contribution is 5.91. The molecule has 64 valence electrons. The Labute approximate surface area is 71.0 Å². The Balaban J connectivity index is 2.84. The van der Waals surface area contributed by atoms with Crippen LogP contribution in [0.1, 0.15) is 23.1 Å². The number of aromatic nitrogens is 2. The Morgan fingerprint density at radius 2 is 2.25 bits per heavy atom. The summed E-state index contributed by atoms with van der Waals surface area (Å²) >= 11 is 0. The van der Waals surface area contributed by atoms with Crippen LogP contribution in [0.3, 0.4) is 0 Å². The van der Waals surface area contributed by atoms with E-state index in [9.17, 15) is 4.79 Å². The third-order valence-corrected chi connectivity index (χ3v) is 1.54. The highest BCUT2D eigenvalue weighted by Gasteiger charge is 2.03. The maximum atomic E-state index is 11.0. The molecule has 0 saturated heterocycles. The van der Waals surface area contributed by atoms with Crippen LogP contribution >= 0.6 is 0 Å². The van der Waals surface area contributed by atoms with Gasteiger partial charge in [0.05, 0.1) is 5.69 Å². The van der Waals surface area contributed by atoms with Crippen molar-refractivity contribution in [3.05, 3.63) is 23.5 Å². The Morgan fingerprint density at radius 3 is 2.67 bits per heavy atom. The molecule has 12 heavy (non-hydrogen) atoms. The van der Waals surface area contributed by atoms with Gasteiger partial charge in [-0.2, -0.15) is 5.10 Å². The van der Waals surface area contributed by atoms with Crippen molar-refractivity contribution in [3.8, 4) is 0 Å². The van der Waals surface area contributed by atoms with Gasteiger partial charge in [0.25, 0.3) is 5.91 Å². The molecule has 1 N–H and O–H groups in total. The quantitative estimate of drug-likeness (QED) is 0.690. The van der Waals surface area contributed by atoms with E-state index in [1.54, 1.807) is 19.2 Å². The van der Waals surface area contributed by atoms with Crippen LogP contribution in [-0.2, 0) is 6.42 Å². The van der Waals surface area contributed by atoms with E-state index in [-0.39, 0.29) is 5.91 Å². The second kappa shape index (κ2) is 3.80. The molecule has 0 fully saturated rings. The minimum Gasteiger partial charge on any atom is -0.354 e. The summed E-state index contributed by atoms with van der Waals surface area (Å²) < 4.78 is 0. The lowest BCUT2D eigenvalue weighted by Gasteiger charge is -1.97. The summed E-state index contributed by atoms with van der Waals surface area (Å²) in [7, 11) is 1.57. The zero-order valence-corrected chi connectivity index (χ0v) is 7.16. The van der Waals surface area contributed by atoms with Crippen molar-refractivity contribution in [2.24, 2.45) is 0 Å². The van der Waals surface area contributed by atoms with Gasteiger partial charge in [-0.25, -0.2) is 0 Å². The molecule has 0 radical (unpaired) electrons. The Morgan fingerprint density at radius 1 is 1.50 bits per heavy atom. The molecule has 0 saturated carbocycles. The van der Waals surface area contributed by atoms with E-state index in [1.165, 1.54) is 0 Å². The van der Waals surface area contributed by atoms with Crippen molar-refractivity contribution >= 4 is 5.91 Å². The fraction of sp³-hybridized carbons (Fsp3) is 0.375. The smallest absolute Gasteiger partial charge is 0.271 e. The van der Waals surface area contributed by atoms with Gasteiger partial charge in [-0.1, -0.05) is 6.92 Å². The SMILES string of the molecule is CCc1ccc(C(=O)NC)nn1. The molecule has 0 spiro atoms. The molecular weight excluding hydrogens is 154 g/mol. The summed E-state index contributed by atoms with van der Waals surface area (Å²) in [6, 6.07) is 3.47. The summed E-state index contributed by atoms with van der Waals surface area (Å²) in [5, 5.41) is 10.1. The minimum absolute atomic E-state index is 0.204. The zero-order chi connectivity index (χ0) is 8.97. The molecule has 0 bridgehead atoms. The number of amides is 1. The number of aryl methyl sites for hydroxylation is 1. The normalized spacial score (nSPS) is 9.50. The van der Waals surface area contributed by atoms with Crippen LogP contribution in [0.2, 0.25) is 0 Å². The number of carbonyl (C=O) groups excluding carboxylic acids is 1. The zero-order valence-electron chi connectivity index (χ0n) is 7.16. The number of rotatable bonds is 2. The van der Waals surface area contributed by atoms with Gasteiger partial charge in [-0.15, -0.1) is 5.10 Å². The van der Waals surface area contributed by atoms with Gasteiger partial charge >= 0.3 is 0 Å². The van der Waals surface area contributed by atoms with Crippen molar-refractivity contribution in [2.75, 3.05) is 7.05 Å². The molecule has 0 aliphatic rings. The predicted molar refractivity (Wildman–Crippen MR) is 44.8 cm³/mol. The molecule has 1 aromatic rings. The molecule has 4 heteroatoms. The van der Waals surface area contributed by atoms with E-state index in [0.717, 1.165) is 12.1 Å². The Kier molecular flexibility index (Phi) is 2.74. The van der Waals surface area contributed by atoms with Crippen LogP contribution in [0.4, 0.5) is 0 Å². The van der Waals surface area contributed by atoms with Gasteiger partial charge < -0.3 is 5.32 Å². The highest BCUT2D eigenvalue weighted by atomic mass is 16.1. The Hall–Kier alpha value is -1.45. The first-order valence-electron chi connectivity index (χ1n) is 3.82. The Bertz CT molecular complexity index is 268. The average molecular weight is 165 g/mol. The lowest BCUT2D eigenvalue weighted by molar-refractivity contribution is 0.0957.